The van der Waals surface area contributed by atoms with Gasteiger partial charge in [-0.2, -0.15) is 0 Å². The van der Waals surface area contributed by atoms with Crippen LogP contribution in [-0.2, 0) is 4.79 Å². The van der Waals surface area contributed by atoms with Crippen molar-refractivity contribution in [2.75, 3.05) is 14.2 Å². The molecular formula is C19H14ClN3O7S. The van der Waals surface area contributed by atoms with Gasteiger partial charge < -0.3 is 19.0 Å². The van der Waals surface area contributed by atoms with Crippen molar-refractivity contribution >= 4 is 41.1 Å². The first-order chi connectivity index (χ1) is 14.8. The van der Waals surface area contributed by atoms with Crippen LogP contribution in [0, 0.1) is 10.1 Å². The van der Waals surface area contributed by atoms with Crippen molar-refractivity contribution in [2.45, 2.75) is 5.22 Å². The maximum absolute atomic E-state index is 11.7. The monoisotopic (exact) mass is 463 g/mol. The van der Waals surface area contributed by atoms with Crippen LogP contribution in [0.25, 0.3) is 17.5 Å². The van der Waals surface area contributed by atoms with Crippen LogP contribution < -0.4 is 9.47 Å². The second-order valence-corrected chi connectivity index (χ2v) is 7.25. The fourth-order valence-corrected chi connectivity index (χ4v) is 3.37. The van der Waals surface area contributed by atoms with Gasteiger partial charge in [-0.15, -0.1) is 10.2 Å². The van der Waals surface area contributed by atoms with Gasteiger partial charge in [0.05, 0.1) is 24.7 Å². The number of carboxylic acid groups (broad SMARTS) is 1. The molecule has 12 heteroatoms. The topological polar surface area (TPSA) is 138 Å². The second-order valence-electron chi connectivity index (χ2n) is 5.82. The first kappa shape index (κ1) is 22.1. The summed E-state index contributed by atoms with van der Waals surface area (Å²) >= 11 is 6.70. The highest BCUT2D eigenvalue weighted by Crippen LogP contribution is 2.35. The highest BCUT2D eigenvalue weighted by atomic mass is 35.5. The number of carboxylic acids is 1. The van der Waals surface area contributed by atoms with Gasteiger partial charge in [0.2, 0.25) is 0 Å². The van der Waals surface area contributed by atoms with Crippen molar-refractivity contribution in [3.8, 4) is 23.0 Å². The van der Waals surface area contributed by atoms with E-state index in [-0.39, 0.29) is 33.0 Å². The number of hydrogen-bond acceptors (Lipinski definition) is 9. The average Bonchev–Trinajstić information content (AvgIpc) is 3.21. The normalized spacial score (nSPS) is 11.3. The zero-order valence-electron chi connectivity index (χ0n) is 16.1. The molecule has 3 aromatic rings. The van der Waals surface area contributed by atoms with E-state index in [1.807, 2.05) is 0 Å². The van der Waals surface area contributed by atoms with E-state index in [2.05, 4.69) is 10.2 Å². The van der Waals surface area contributed by atoms with E-state index in [0.717, 1.165) is 0 Å². The minimum atomic E-state index is -1.27. The van der Waals surface area contributed by atoms with Gasteiger partial charge in [0, 0.05) is 11.1 Å². The SMILES string of the molecule is COc1ccc(Cl)cc1-c1nnc(S/C(=C\c2ccc(OC)c([N+](=O)[O-])c2)C(=O)O)o1. The molecule has 0 atom stereocenters. The molecule has 1 N–H and O–H groups in total. The van der Waals surface area contributed by atoms with Crippen LogP contribution in [0.2, 0.25) is 5.02 Å². The minimum Gasteiger partial charge on any atom is -0.496 e. The summed E-state index contributed by atoms with van der Waals surface area (Å²) < 4.78 is 15.7. The van der Waals surface area contributed by atoms with Gasteiger partial charge in [0.15, 0.2) is 5.75 Å². The summed E-state index contributed by atoms with van der Waals surface area (Å²) in [4.78, 5) is 22.1. The molecule has 10 nitrogen and oxygen atoms in total. The van der Waals surface area contributed by atoms with Gasteiger partial charge in [0.1, 0.15) is 10.7 Å². The number of nitrogens with zero attached hydrogens (tertiary/aromatic N) is 3. The molecule has 1 heterocycles. The van der Waals surface area contributed by atoms with Crippen LogP contribution in [0.4, 0.5) is 5.69 Å². The highest BCUT2D eigenvalue weighted by molar-refractivity contribution is 8.03. The number of aromatic nitrogens is 2. The van der Waals surface area contributed by atoms with Crippen molar-refractivity contribution in [3.63, 3.8) is 0 Å². The lowest BCUT2D eigenvalue weighted by Crippen LogP contribution is -1.98. The first-order valence-corrected chi connectivity index (χ1v) is 9.64. The molecule has 160 valence electrons. The number of methoxy groups -OCH3 is 2. The lowest BCUT2D eigenvalue weighted by Gasteiger charge is -2.05. The number of aliphatic carboxylic acids is 1. The molecule has 0 unspecified atom stereocenters. The Morgan fingerprint density at radius 1 is 1.19 bits per heavy atom. The number of carbonyl (C=O) groups is 1. The molecule has 0 aliphatic heterocycles. The largest absolute Gasteiger partial charge is 0.496 e. The van der Waals surface area contributed by atoms with Crippen molar-refractivity contribution in [3.05, 3.63) is 62.0 Å². The van der Waals surface area contributed by atoms with Gasteiger partial charge in [-0.25, -0.2) is 4.79 Å². The number of halogens is 1. The van der Waals surface area contributed by atoms with Crippen LogP contribution in [0.3, 0.4) is 0 Å². The molecule has 0 bridgehead atoms. The molecule has 0 radical (unpaired) electrons. The number of thioether (sulfide) groups is 1. The summed E-state index contributed by atoms with van der Waals surface area (Å²) in [7, 11) is 2.77. The van der Waals surface area contributed by atoms with Crippen molar-refractivity contribution in [2.24, 2.45) is 0 Å². The van der Waals surface area contributed by atoms with Gasteiger partial charge >= 0.3 is 11.7 Å². The molecule has 0 fully saturated rings. The summed E-state index contributed by atoms with van der Waals surface area (Å²) in [5.74, 6) is -0.678. The molecule has 0 spiro atoms. The zero-order valence-corrected chi connectivity index (χ0v) is 17.6. The third-order valence-electron chi connectivity index (χ3n) is 3.90. The number of nitro benzene ring substituents is 1. The summed E-state index contributed by atoms with van der Waals surface area (Å²) in [5.41, 5.74) is 0.439. The standard InChI is InChI=1S/C19H14ClN3O7S/c1-28-14-6-4-11(20)9-12(14)17-21-22-19(30-17)31-16(18(24)25)8-10-3-5-15(29-2)13(7-10)23(26)27/h3-9H,1-2H3,(H,24,25)/b16-8-. The Morgan fingerprint density at radius 2 is 1.90 bits per heavy atom. The Kier molecular flexibility index (Phi) is 6.78. The van der Waals surface area contributed by atoms with Crippen molar-refractivity contribution < 1.29 is 28.7 Å². The highest BCUT2D eigenvalue weighted by Gasteiger charge is 2.20. The second kappa shape index (κ2) is 9.49. The average molecular weight is 464 g/mol. The van der Waals surface area contributed by atoms with Crippen LogP contribution >= 0.6 is 23.4 Å². The van der Waals surface area contributed by atoms with Gasteiger partial charge in [-0.1, -0.05) is 17.7 Å². The molecule has 0 amide bonds. The van der Waals surface area contributed by atoms with E-state index < -0.39 is 10.9 Å². The Hall–Kier alpha value is -3.57. The van der Waals surface area contributed by atoms with E-state index in [4.69, 9.17) is 25.5 Å². The summed E-state index contributed by atoms with van der Waals surface area (Å²) in [6, 6.07) is 8.92. The maximum atomic E-state index is 11.7. The van der Waals surface area contributed by atoms with Crippen LogP contribution in [0.1, 0.15) is 5.56 Å². The lowest BCUT2D eigenvalue weighted by atomic mass is 10.1. The quantitative estimate of drug-likeness (QED) is 0.219. The number of hydrogen-bond donors (Lipinski definition) is 1. The Bertz CT molecular complexity index is 1180. The third kappa shape index (κ3) is 5.13. The molecule has 0 saturated heterocycles. The Morgan fingerprint density at radius 3 is 2.55 bits per heavy atom. The number of rotatable bonds is 8. The molecule has 1 aromatic heterocycles. The van der Waals surface area contributed by atoms with Gasteiger partial charge in [0.25, 0.3) is 11.1 Å². The van der Waals surface area contributed by atoms with E-state index in [0.29, 0.717) is 28.1 Å². The van der Waals surface area contributed by atoms with E-state index in [1.54, 1.807) is 18.2 Å². The lowest BCUT2D eigenvalue weighted by molar-refractivity contribution is -0.385. The number of ether oxygens (including phenoxy) is 2. The maximum Gasteiger partial charge on any atom is 0.342 e. The molecule has 0 saturated carbocycles. The van der Waals surface area contributed by atoms with Crippen molar-refractivity contribution in [1.82, 2.24) is 10.2 Å². The van der Waals surface area contributed by atoms with E-state index in [1.165, 1.54) is 38.5 Å². The van der Waals surface area contributed by atoms with Crippen molar-refractivity contribution in [1.29, 1.82) is 0 Å². The molecular weight excluding hydrogens is 450 g/mol. The molecule has 0 aliphatic carbocycles. The fraction of sp³-hybridized carbons (Fsp3) is 0.105. The van der Waals surface area contributed by atoms with Gasteiger partial charge in [-0.3, -0.25) is 10.1 Å². The summed E-state index contributed by atoms with van der Waals surface area (Å²) in [5, 5.41) is 28.9. The number of nitro groups is 1. The fourth-order valence-electron chi connectivity index (χ4n) is 2.53. The zero-order chi connectivity index (χ0) is 22.5. The summed E-state index contributed by atoms with van der Waals surface area (Å²) in [6.45, 7) is 0. The minimum absolute atomic E-state index is 0.0475. The molecule has 31 heavy (non-hydrogen) atoms. The predicted octanol–water partition coefficient (Wildman–Crippen LogP) is 4.53. The van der Waals surface area contributed by atoms with E-state index >= 15 is 0 Å². The Labute approximate surface area is 184 Å². The van der Waals surface area contributed by atoms with Crippen LogP contribution in [-0.4, -0.2) is 40.4 Å². The smallest absolute Gasteiger partial charge is 0.342 e. The molecule has 0 aliphatic rings. The van der Waals surface area contributed by atoms with Crippen LogP contribution in [0.5, 0.6) is 11.5 Å². The summed E-state index contributed by atoms with van der Waals surface area (Å²) in [6.07, 6.45) is 1.25. The number of benzene rings is 2. The first-order valence-electron chi connectivity index (χ1n) is 8.45. The van der Waals surface area contributed by atoms with E-state index in [9.17, 15) is 20.0 Å². The predicted molar refractivity (Wildman–Crippen MR) is 112 cm³/mol. The third-order valence-corrected chi connectivity index (χ3v) is 4.99. The molecule has 3 rings (SSSR count). The molecule has 2 aromatic carbocycles. The van der Waals surface area contributed by atoms with Gasteiger partial charge in [-0.05, 0) is 47.7 Å². The Balaban J connectivity index is 1.92. The van der Waals surface area contributed by atoms with Crippen LogP contribution in [0.15, 0.2) is 50.9 Å².